The van der Waals surface area contributed by atoms with Gasteiger partial charge < -0.3 is 15.3 Å². The van der Waals surface area contributed by atoms with Gasteiger partial charge in [0.2, 0.25) is 0 Å². The van der Waals surface area contributed by atoms with Crippen LogP contribution >= 0.6 is 0 Å². The Balaban J connectivity index is 1.98. The smallest absolute Gasteiger partial charge is 0.317 e. The number of hydrogen-bond donors (Lipinski definition) is 2. The number of aliphatic carboxylic acids is 1. The minimum atomic E-state index is -0.880. The van der Waals surface area contributed by atoms with E-state index in [1.807, 2.05) is 0 Å². The van der Waals surface area contributed by atoms with Crippen LogP contribution in [0.15, 0.2) is 24.3 Å². The maximum absolute atomic E-state index is 13.7. The number of nitrogens with one attached hydrogen (secondary N) is 1. The Morgan fingerprint density at radius 1 is 1.43 bits per heavy atom. The van der Waals surface area contributed by atoms with Crippen molar-refractivity contribution in [2.75, 3.05) is 13.1 Å². The summed E-state index contributed by atoms with van der Waals surface area (Å²) >= 11 is 0. The van der Waals surface area contributed by atoms with Gasteiger partial charge in [-0.05, 0) is 25.8 Å². The van der Waals surface area contributed by atoms with E-state index in [2.05, 4.69) is 5.32 Å². The zero-order valence-electron chi connectivity index (χ0n) is 11.9. The lowest BCUT2D eigenvalue weighted by Crippen LogP contribution is -2.47. The summed E-state index contributed by atoms with van der Waals surface area (Å²) in [6.45, 7) is 2.43. The number of hydrogen-bond acceptors (Lipinski definition) is 2. The summed E-state index contributed by atoms with van der Waals surface area (Å²) in [6.07, 6.45) is 1.25. The zero-order valence-corrected chi connectivity index (χ0v) is 11.9. The molecule has 0 aromatic heterocycles. The molecule has 0 aliphatic carbocycles. The molecular formula is C15H19FN2O3. The molecule has 2 N–H and O–H groups in total. The molecular weight excluding hydrogens is 275 g/mol. The fourth-order valence-electron chi connectivity index (χ4n) is 2.54. The van der Waals surface area contributed by atoms with Crippen molar-refractivity contribution in [1.29, 1.82) is 0 Å². The Morgan fingerprint density at radius 3 is 2.81 bits per heavy atom. The number of benzene rings is 1. The highest BCUT2D eigenvalue weighted by Crippen LogP contribution is 2.19. The molecule has 1 aromatic rings. The van der Waals surface area contributed by atoms with E-state index in [1.54, 1.807) is 25.1 Å². The molecule has 21 heavy (non-hydrogen) atoms. The van der Waals surface area contributed by atoms with Crippen molar-refractivity contribution in [2.45, 2.75) is 25.8 Å². The lowest BCUT2D eigenvalue weighted by molar-refractivity contribution is -0.143. The Kier molecular flexibility index (Phi) is 4.77. The Hall–Kier alpha value is -2.11. The summed E-state index contributed by atoms with van der Waals surface area (Å²) in [4.78, 5) is 24.6. The van der Waals surface area contributed by atoms with Crippen LogP contribution in [-0.4, -0.2) is 35.1 Å². The van der Waals surface area contributed by atoms with Gasteiger partial charge in [-0.3, -0.25) is 4.79 Å². The second kappa shape index (κ2) is 6.56. The van der Waals surface area contributed by atoms with Gasteiger partial charge in [-0.1, -0.05) is 18.2 Å². The number of urea groups is 1. The van der Waals surface area contributed by atoms with Crippen LogP contribution in [0, 0.1) is 11.7 Å². The van der Waals surface area contributed by atoms with Crippen LogP contribution in [-0.2, 0) is 4.79 Å². The maximum atomic E-state index is 13.7. The molecule has 1 saturated heterocycles. The fourth-order valence-corrected chi connectivity index (χ4v) is 2.54. The summed E-state index contributed by atoms with van der Waals surface area (Å²) in [5.74, 6) is -1.77. The third-order valence-electron chi connectivity index (χ3n) is 3.77. The van der Waals surface area contributed by atoms with Gasteiger partial charge in [0.15, 0.2) is 0 Å². The first-order valence-electron chi connectivity index (χ1n) is 7.01. The van der Waals surface area contributed by atoms with Crippen molar-refractivity contribution in [3.8, 4) is 0 Å². The second-order valence-corrected chi connectivity index (χ2v) is 5.32. The molecule has 2 rings (SSSR count). The van der Waals surface area contributed by atoms with E-state index in [0.717, 1.165) is 0 Å². The number of nitrogens with zero attached hydrogens (tertiary/aromatic N) is 1. The highest BCUT2D eigenvalue weighted by Gasteiger charge is 2.28. The number of amides is 2. The van der Waals surface area contributed by atoms with Gasteiger partial charge in [0.25, 0.3) is 0 Å². The number of carboxylic acids is 1. The van der Waals surface area contributed by atoms with Crippen molar-refractivity contribution in [1.82, 2.24) is 10.2 Å². The van der Waals surface area contributed by atoms with E-state index in [9.17, 15) is 14.0 Å². The molecule has 5 nitrogen and oxygen atoms in total. The second-order valence-electron chi connectivity index (χ2n) is 5.32. The van der Waals surface area contributed by atoms with E-state index in [1.165, 1.54) is 11.0 Å². The van der Waals surface area contributed by atoms with E-state index < -0.39 is 17.9 Å². The van der Waals surface area contributed by atoms with Crippen LogP contribution in [0.1, 0.15) is 31.4 Å². The van der Waals surface area contributed by atoms with Crippen LogP contribution in [0.4, 0.5) is 9.18 Å². The molecule has 114 valence electrons. The topological polar surface area (TPSA) is 69.6 Å². The van der Waals surface area contributed by atoms with Crippen molar-refractivity contribution in [3.05, 3.63) is 35.6 Å². The normalized spacial score (nSPS) is 19.9. The number of carbonyl (C=O) groups is 2. The van der Waals surface area contributed by atoms with Crippen LogP contribution in [0.3, 0.4) is 0 Å². The minimum absolute atomic E-state index is 0.200. The molecule has 1 aromatic carbocycles. The van der Waals surface area contributed by atoms with Gasteiger partial charge >= 0.3 is 12.0 Å². The van der Waals surface area contributed by atoms with Crippen LogP contribution < -0.4 is 5.32 Å². The minimum Gasteiger partial charge on any atom is -0.481 e. The summed E-state index contributed by atoms with van der Waals surface area (Å²) in [7, 11) is 0. The first-order chi connectivity index (χ1) is 9.99. The van der Waals surface area contributed by atoms with Crippen molar-refractivity contribution in [2.24, 2.45) is 5.92 Å². The van der Waals surface area contributed by atoms with Gasteiger partial charge in [0, 0.05) is 18.7 Å². The standard InChI is InChI=1S/C15H19FN2O3/c1-10(12-6-2-3-7-13(12)16)17-15(21)18-8-4-5-11(9-18)14(19)20/h2-3,6-7,10-11H,4-5,8-9H2,1H3,(H,17,21)(H,19,20). The molecule has 1 aliphatic rings. The molecule has 2 atom stereocenters. The zero-order chi connectivity index (χ0) is 15.4. The van der Waals surface area contributed by atoms with Crippen LogP contribution in [0.2, 0.25) is 0 Å². The van der Waals surface area contributed by atoms with E-state index in [-0.39, 0.29) is 18.4 Å². The number of carboxylic acid groups (broad SMARTS) is 1. The predicted molar refractivity (Wildman–Crippen MR) is 75.3 cm³/mol. The molecule has 0 bridgehead atoms. The number of halogens is 1. The van der Waals surface area contributed by atoms with Gasteiger partial charge in [-0.2, -0.15) is 0 Å². The van der Waals surface area contributed by atoms with Gasteiger partial charge in [0.05, 0.1) is 12.0 Å². The highest BCUT2D eigenvalue weighted by atomic mass is 19.1. The van der Waals surface area contributed by atoms with Crippen molar-refractivity contribution < 1.29 is 19.1 Å². The largest absolute Gasteiger partial charge is 0.481 e. The van der Waals surface area contributed by atoms with E-state index >= 15 is 0 Å². The average molecular weight is 294 g/mol. The molecule has 1 aliphatic heterocycles. The molecule has 0 radical (unpaired) electrons. The summed E-state index contributed by atoms with van der Waals surface area (Å²) < 4.78 is 13.7. The number of rotatable bonds is 3. The molecule has 0 saturated carbocycles. The van der Waals surface area contributed by atoms with Crippen molar-refractivity contribution >= 4 is 12.0 Å². The first-order valence-corrected chi connectivity index (χ1v) is 7.01. The summed E-state index contributed by atoms with van der Waals surface area (Å²) in [5, 5.41) is 11.7. The molecule has 2 unspecified atom stereocenters. The van der Waals surface area contributed by atoms with Gasteiger partial charge in [-0.15, -0.1) is 0 Å². The monoisotopic (exact) mass is 294 g/mol. The summed E-state index contributed by atoms with van der Waals surface area (Å²) in [5.41, 5.74) is 0.414. The lowest BCUT2D eigenvalue weighted by Gasteiger charge is -2.31. The fraction of sp³-hybridized carbons (Fsp3) is 0.467. The van der Waals surface area contributed by atoms with E-state index in [0.29, 0.717) is 24.9 Å². The Bertz CT molecular complexity index is 535. The Labute approximate surface area is 122 Å². The molecule has 2 amide bonds. The number of carbonyl (C=O) groups excluding carboxylic acids is 1. The highest BCUT2D eigenvalue weighted by molar-refractivity contribution is 5.77. The third kappa shape index (κ3) is 3.71. The lowest BCUT2D eigenvalue weighted by atomic mass is 9.98. The SMILES string of the molecule is CC(NC(=O)N1CCCC(C(=O)O)C1)c1ccccc1F. The maximum Gasteiger partial charge on any atom is 0.317 e. The molecule has 1 fully saturated rings. The summed E-state index contributed by atoms with van der Waals surface area (Å²) in [6, 6.07) is 5.45. The predicted octanol–water partition coefficient (Wildman–Crippen LogP) is 2.39. The number of piperidine rings is 1. The average Bonchev–Trinajstić information content (AvgIpc) is 2.47. The Morgan fingerprint density at radius 2 is 2.14 bits per heavy atom. The van der Waals surface area contributed by atoms with Gasteiger partial charge in [-0.25, -0.2) is 9.18 Å². The molecule has 1 heterocycles. The van der Waals surface area contributed by atoms with Gasteiger partial charge in [0.1, 0.15) is 5.82 Å². The molecule has 0 spiro atoms. The van der Waals surface area contributed by atoms with Crippen molar-refractivity contribution in [3.63, 3.8) is 0 Å². The number of likely N-dealkylation sites (tertiary alicyclic amines) is 1. The quantitative estimate of drug-likeness (QED) is 0.899. The van der Waals surface area contributed by atoms with Crippen LogP contribution in [0.25, 0.3) is 0 Å². The van der Waals surface area contributed by atoms with Crippen LogP contribution in [0.5, 0.6) is 0 Å². The molecule has 6 heteroatoms. The van der Waals surface area contributed by atoms with E-state index in [4.69, 9.17) is 5.11 Å². The first kappa shape index (κ1) is 15.3. The third-order valence-corrected chi connectivity index (χ3v) is 3.77.